The van der Waals surface area contributed by atoms with Crippen molar-refractivity contribution in [2.45, 2.75) is 20.0 Å². The number of aromatic nitrogens is 1. The number of nitrogens with zero attached hydrogens (tertiary/aromatic N) is 4. The van der Waals surface area contributed by atoms with Gasteiger partial charge in [-0.3, -0.25) is 19.5 Å². The average molecular weight is 425 g/mol. The molecule has 30 heavy (non-hydrogen) atoms. The number of anilines is 2. The lowest BCUT2D eigenvalue weighted by Gasteiger charge is -2.34. The molecule has 3 aromatic rings. The largest absolute Gasteiger partial charge is 0.297 e. The van der Waals surface area contributed by atoms with Gasteiger partial charge in [0.15, 0.2) is 5.13 Å². The second-order valence-electron chi connectivity index (χ2n) is 7.49. The van der Waals surface area contributed by atoms with E-state index >= 15 is 0 Å². The Morgan fingerprint density at radius 1 is 1.00 bits per heavy atom. The fourth-order valence-corrected chi connectivity index (χ4v) is 4.54. The van der Waals surface area contributed by atoms with Crippen LogP contribution in [0.15, 0.2) is 60.0 Å². The van der Waals surface area contributed by atoms with Crippen LogP contribution in [0.1, 0.15) is 18.2 Å². The molecule has 5 nitrogen and oxygen atoms in total. The number of halogens is 1. The van der Waals surface area contributed by atoms with Crippen LogP contribution in [0.4, 0.5) is 15.2 Å². The molecule has 1 saturated heterocycles. The second-order valence-corrected chi connectivity index (χ2v) is 8.33. The Bertz CT molecular complexity index is 968. The summed E-state index contributed by atoms with van der Waals surface area (Å²) in [5.74, 6) is -0.467. The number of piperazine rings is 1. The molecule has 1 amide bonds. The Labute approximate surface area is 180 Å². The van der Waals surface area contributed by atoms with Crippen molar-refractivity contribution in [2.24, 2.45) is 0 Å². The third kappa shape index (κ3) is 5.11. The van der Waals surface area contributed by atoms with Crippen LogP contribution in [0.3, 0.4) is 0 Å². The average Bonchev–Trinajstić information content (AvgIpc) is 3.19. The number of rotatable bonds is 6. The monoisotopic (exact) mass is 424 g/mol. The predicted molar refractivity (Wildman–Crippen MR) is 118 cm³/mol. The smallest absolute Gasteiger partial charge is 0.230 e. The number of benzene rings is 2. The molecular formula is C23H25FN4OS. The molecule has 1 aromatic heterocycles. The summed E-state index contributed by atoms with van der Waals surface area (Å²) in [5, 5.41) is 2.62. The van der Waals surface area contributed by atoms with E-state index in [1.807, 2.05) is 11.4 Å². The molecule has 0 unspecified atom stereocenters. The molecule has 2 aromatic carbocycles. The maximum absolute atomic E-state index is 13.2. The summed E-state index contributed by atoms with van der Waals surface area (Å²) in [5.41, 5.74) is 2.93. The highest BCUT2D eigenvalue weighted by atomic mass is 32.1. The van der Waals surface area contributed by atoms with Gasteiger partial charge in [0.25, 0.3) is 0 Å². The highest BCUT2D eigenvalue weighted by Gasteiger charge is 2.21. The Hall–Kier alpha value is -2.61. The van der Waals surface area contributed by atoms with E-state index in [1.54, 1.807) is 12.1 Å². The Morgan fingerprint density at radius 3 is 2.27 bits per heavy atom. The molecule has 0 radical (unpaired) electrons. The van der Waals surface area contributed by atoms with Crippen LogP contribution in [-0.4, -0.2) is 46.9 Å². The van der Waals surface area contributed by atoms with E-state index in [9.17, 15) is 9.18 Å². The van der Waals surface area contributed by atoms with E-state index < -0.39 is 0 Å². The molecule has 0 aliphatic carbocycles. The zero-order chi connectivity index (χ0) is 20.9. The number of carbonyl (C=O) groups excluding carboxylic acids is 1. The molecule has 0 spiro atoms. The molecule has 0 atom stereocenters. The second kappa shape index (κ2) is 9.47. The molecule has 0 saturated carbocycles. The number of hydrogen-bond donors (Lipinski definition) is 0. The standard InChI is InChI=1S/C23H25FN4OS/c1-18(29)28(22-9-7-20(24)8-10-22)23-25-21(17-30-23)16-27-13-11-26(12-14-27)15-19-5-3-2-4-6-19/h2-10,17H,11-16H2,1H3. The van der Waals surface area contributed by atoms with Gasteiger partial charge in [0.1, 0.15) is 5.82 Å². The zero-order valence-electron chi connectivity index (χ0n) is 17.0. The normalized spacial score (nSPS) is 15.3. The van der Waals surface area contributed by atoms with Crippen molar-refractivity contribution in [3.05, 3.63) is 77.1 Å². The Balaban J connectivity index is 1.35. The lowest BCUT2D eigenvalue weighted by molar-refractivity contribution is -0.115. The summed E-state index contributed by atoms with van der Waals surface area (Å²) in [7, 11) is 0. The van der Waals surface area contributed by atoms with Crippen molar-refractivity contribution >= 4 is 28.1 Å². The minimum absolute atomic E-state index is 0.142. The Kier molecular flexibility index (Phi) is 6.52. The molecular weight excluding hydrogens is 399 g/mol. The molecule has 0 N–H and O–H groups in total. The maximum atomic E-state index is 13.2. The van der Waals surface area contributed by atoms with Crippen molar-refractivity contribution in [2.75, 3.05) is 31.1 Å². The van der Waals surface area contributed by atoms with Crippen LogP contribution in [0, 0.1) is 5.82 Å². The summed E-state index contributed by atoms with van der Waals surface area (Å²) in [4.78, 5) is 23.3. The van der Waals surface area contributed by atoms with Gasteiger partial charge in [-0.1, -0.05) is 30.3 Å². The summed E-state index contributed by atoms with van der Waals surface area (Å²) >= 11 is 1.44. The van der Waals surface area contributed by atoms with Crippen LogP contribution >= 0.6 is 11.3 Å². The van der Waals surface area contributed by atoms with Crippen molar-refractivity contribution in [1.29, 1.82) is 0 Å². The minimum Gasteiger partial charge on any atom is -0.297 e. The highest BCUT2D eigenvalue weighted by molar-refractivity contribution is 7.14. The Morgan fingerprint density at radius 2 is 1.63 bits per heavy atom. The lowest BCUT2D eigenvalue weighted by Crippen LogP contribution is -2.45. The van der Waals surface area contributed by atoms with Crippen molar-refractivity contribution < 1.29 is 9.18 Å². The van der Waals surface area contributed by atoms with E-state index in [4.69, 9.17) is 0 Å². The molecule has 4 rings (SSSR count). The minimum atomic E-state index is -0.325. The van der Waals surface area contributed by atoms with E-state index in [-0.39, 0.29) is 11.7 Å². The van der Waals surface area contributed by atoms with Gasteiger partial charge in [-0.05, 0) is 29.8 Å². The molecule has 2 heterocycles. The number of thiazole rings is 1. The highest BCUT2D eigenvalue weighted by Crippen LogP contribution is 2.29. The summed E-state index contributed by atoms with van der Waals surface area (Å²) in [6.07, 6.45) is 0. The molecule has 156 valence electrons. The molecule has 7 heteroatoms. The van der Waals surface area contributed by atoms with Crippen LogP contribution in [-0.2, 0) is 17.9 Å². The zero-order valence-corrected chi connectivity index (χ0v) is 17.8. The van der Waals surface area contributed by atoms with Gasteiger partial charge in [0.05, 0.1) is 11.4 Å². The summed E-state index contributed by atoms with van der Waals surface area (Å²) in [6, 6.07) is 16.5. The summed E-state index contributed by atoms with van der Waals surface area (Å²) < 4.78 is 13.2. The quantitative estimate of drug-likeness (QED) is 0.592. The SMILES string of the molecule is CC(=O)N(c1ccc(F)cc1)c1nc(CN2CCN(Cc3ccccc3)CC2)cs1. The molecule has 1 aliphatic rings. The van der Waals surface area contributed by atoms with Gasteiger partial charge in [0.2, 0.25) is 5.91 Å². The van der Waals surface area contributed by atoms with E-state index in [1.165, 1.54) is 40.9 Å². The first-order valence-electron chi connectivity index (χ1n) is 10.1. The van der Waals surface area contributed by atoms with Gasteiger partial charge < -0.3 is 0 Å². The van der Waals surface area contributed by atoms with Crippen LogP contribution in [0.5, 0.6) is 0 Å². The van der Waals surface area contributed by atoms with Crippen LogP contribution < -0.4 is 4.90 Å². The van der Waals surface area contributed by atoms with Gasteiger partial charge in [-0.25, -0.2) is 9.37 Å². The third-order valence-corrected chi connectivity index (χ3v) is 6.10. The lowest BCUT2D eigenvalue weighted by atomic mass is 10.2. The van der Waals surface area contributed by atoms with Crippen molar-refractivity contribution in [1.82, 2.24) is 14.8 Å². The predicted octanol–water partition coefficient (Wildman–Crippen LogP) is 4.28. The number of amides is 1. The number of carbonyl (C=O) groups is 1. The number of hydrogen-bond acceptors (Lipinski definition) is 5. The molecule has 1 aliphatic heterocycles. The maximum Gasteiger partial charge on any atom is 0.230 e. The fraction of sp³-hybridized carbons (Fsp3) is 0.304. The summed E-state index contributed by atoms with van der Waals surface area (Å²) in [6.45, 7) is 7.30. The van der Waals surface area contributed by atoms with Crippen molar-refractivity contribution in [3.8, 4) is 0 Å². The van der Waals surface area contributed by atoms with Crippen molar-refractivity contribution in [3.63, 3.8) is 0 Å². The van der Waals surface area contributed by atoms with Crippen LogP contribution in [0.25, 0.3) is 0 Å². The van der Waals surface area contributed by atoms with Gasteiger partial charge in [-0.15, -0.1) is 11.3 Å². The topological polar surface area (TPSA) is 39.7 Å². The van der Waals surface area contributed by atoms with Gasteiger partial charge >= 0.3 is 0 Å². The first-order chi connectivity index (χ1) is 14.6. The molecule has 1 fully saturated rings. The van der Waals surface area contributed by atoms with Gasteiger partial charge in [0, 0.05) is 51.6 Å². The first kappa shape index (κ1) is 20.7. The van der Waals surface area contributed by atoms with Gasteiger partial charge in [-0.2, -0.15) is 0 Å². The first-order valence-corrected chi connectivity index (χ1v) is 11.0. The van der Waals surface area contributed by atoms with E-state index in [2.05, 4.69) is 39.0 Å². The van der Waals surface area contributed by atoms with E-state index in [0.29, 0.717) is 10.8 Å². The fourth-order valence-electron chi connectivity index (χ4n) is 3.66. The molecule has 0 bridgehead atoms. The van der Waals surface area contributed by atoms with Crippen LogP contribution in [0.2, 0.25) is 0 Å². The third-order valence-electron chi connectivity index (χ3n) is 5.23. The van der Waals surface area contributed by atoms with E-state index in [0.717, 1.165) is 45.0 Å².